The van der Waals surface area contributed by atoms with Crippen molar-refractivity contribution < 1.29 is 27.8 Å². The fraction of sp³-hybridized carbons (Fsp3) is 0.278. The monoisotopic (exact) mass is 421 g/mol. The average molecular weight is 422 g/mol. The molecule has 2 aromatic carbocycles. The lowest BCUT2D eigenvalue weighted by Gasteiger charge is -2.19. The van der Waals surface area contributed by atoms with E-state index in [9.17, 15) is 23.1 Å². The van der Waals surface area contributed by atoms with Crippen LogP contribution < -0.4 is 10.5 Å². The number of aromatic hydroxyl groups is 1. The van der Waals surface area contributed by atoms with Gasteiger partial charge in [-0.15, -0.1) is 0 Å². The van der Waals surface area contributed by atoms with Gasteiger partial charge in [0.15, 0.2) is 11.5 Å². The number of hydrogen-bond donors (Lipinski definition) is 2. The third kappa shape index (κ3) is 4.48. The standard InChI is InChI=1S/C18H16Cl2F3NO3/c1-8(2)10-5-9(3-4-13(10)25)27-17-12(19)6-11(14(26)7-24)15(16(17)20)18(21,22)23/h3-6,8,25H,7,24H2,1-2H3. The molecule has 0 radical (unpaired) electrons. The molecule has 4 nitrogen and oxygen atoms in total. The van der Waals surface area contributed by atoms with Crippen LogP contribution in [0.2, 0.25) is 10.0 Å². The second-order valence-corrected chi connectivity index (χ2v) is 6.81. The SMILES string of the molecule is CC(C)c1cc(Oc2c(Cl)cc(C(=O)CN)c(C(F)(F)F)c2Cl)ccc1O. The molecule has 0 aliphatic heterocycles. The van der Waals surface area contributed by atoms with E-state index >= 15 is 0 Å². The summed E-state index contributed by atoms with van der Waals surface area (Å²) in [6, 6.07) is 5.02. The van der Waals surface area contributed by atoms with E-state index < -0.39 is 40.4 Å². The molecule has 0 bridgehead atoms. The summed E-state index contributed by atoms with van der Waals surface area (Å²) in [5.41, 5.74) is 3.63. The van der Waals surface area contributed by atoms with E-state index in [1.165, 1.54) is 18.2 Å². The number of benzene rings is 2. The number of Topliss-reactive ketones (excluding diaryl/α,β-unsaturated/α-hetero) is 1. The van der Waals surface area contributed by atoms with Crippen LogP contribution in [0.5, 0.6) is 17.2 Å². The molecule has 2 rings (SSSR count). The van der Waals surface area contributed by atoms with Gasteiger partial charge in [0.05, 0.1) is 22.2 Å². The summed E-state index contributed by atoms with van der Waals surface area (Å²) in [7, 11) is 0. The van der Waals surface area contributed by atoms with Crippen LogP contribution in [-0.4, -0.2) is 17.4 Å². The molecule has 2 aromatic rings. The second-order valence-electron chi connectivity index (χ2n) is 6.03. The Labute approximate surface area is 163 Å². The Morgan fingerprint density at radius 1 is 1.26 bits per heavy atom. The molecule has 0 amide bonds. The highest BCUT2D eigenvalue weighted by molar-refractivity contribution is 6.38. The van der Waals surface area contributed by atoms with Gasteiger partial charge in [-0.3, -0.25) is 4.79 Å². The highest BCUT2D eigenvalue weighted by Gasteiger charge is 2.40. The summed E-state index contributed by atoms with van der Waals surface area (Å²) >= 11 is 11.9. The van der Waals surface area contributed by atoms with E-state index in [1.54, 1.807) is 0 Å². The van der Waals surface area contributed by atoms with Crippen molar-refractivity contribution in [2.75, 3.05) is 6.54 Å². The number of alkyl halides is 3. The highest BCUT2D eigenvalue weighted by Crippen LogP contribution is 2.47. The number of ether oxygens (including phenoxy) is 1. The number of carbonyl (C=O) groups excluding carboxylic acids is 1. The minimum Gasteiger partial charge on any atom is -0.508 e. The van der Waals surface area contributed by atoms with Crippen molar-refractivity contribution in [2.45, 2.75) is 25.9 Å². The fourth-order valence-electron chi connectivity index (χ4n) is 2.48. The summed E-state index contributed by atoms with van der Waals surface area (Å²) < 4.78 is 45.9. The van der Waals surface area contributed by atoms with Gasteiger partial charge in [-0.2, -0.15) is 13.2 Å². The molecule has 9 heteroatoms. The minimum absolute atomic E-state index is 0.0226. The molecular weight excluding hydrogens is 406 g/mol. The summed E-state index contributed by atoms with van der Waals surface area (Å²) in [5.74, 6) is -1.31. The van der Waals surface area contributed by atoms with Gasteiger partial charge in [-0.05, 0) is 30.2 Å². The first-order valence-corrected chi connectivity index (χ1v) is 8.56. The largest absolute Gasteiger partial charge is 0.508 e. The number of rotatable bonds is 5. The lowest BCUT2D eigenvalue weighted by Crippen LogP contribution is -2.20. The van der Waals surface area contributed by atoms with Crippen molar-refractivity contribution in [1.29, 1.82) is 0 Å². The molecule has 27 heavy (non-hydrogen) atoms. The van der Waals surface area contributed by atoms with Crippen molar-refractivity contribution in [3.05, 3.63) is 51.0 Å². The number of carbonyl (C=O) groups is 1. The van der Waals surface area contributed by atoms with Crippen LogP contribution in [0.3, 0.4) is 0 Å². The van der Waals surface area contributed by atoms with E-state index in [0.29, 0.717) is 5.56 Å². The first kappa shape index (κ1) is 21.3. The first-order valence-electron chi connectivity index (χ1n) is 7.80. The van der Waals surface area contributed by atoms with Crippen LogP contribution in [0, 0.1) is 0 Å². The first-order chi connectivity index (χ1) is 12.5. The van der Waals surface area contributed by atoms with Gasteiger partial charge in [-0.1, -0.05) is 37.0 Å². The maximum Gasteiger partial charge on any atom is 0.418 e. The van der Waals surface area contributed by atoms with E-state index in [2.05, 4.69) is 0 Å². The zero-order valence-corrected chi connectivity index (χ0v) is 15.8. The second kappa shape index (κ2) is 7.96. The molecule has 0 saturated heterocycles. The molecule has 0 aliphatic carbocycles. The van der Waals surface area contributed by atoms with E-state index in [1.807, 2.05) is 13.8 Å². The van der Waals surface area contributed by atoms with E-state index in [0.717, 1.165) is 6.07 Å². The van der Waals surface area contributed by atoms with Crippen LogP contribution in [0.1, 0.15) is 41.3 Å². The number of ketones is 1. The molecule has 0 aliphatic rings. The molecule has 0 heterocycles. The fourth-order valence-corrected chi connectivity index (χ4v) is 3.12. The van der Waals surface area contributed by atoms with Gasteiger partial charge in [0.1, 0.15) is 11.5 Å². The Morgan fingerprint density at radius 3 is 2.41 bits per heavy atom. The predicted octanol–water partition coefficient (Wildman–Crippen LogP) is 5.77. The normalized spacial score (nSPS) is 11.7. The molecule has 3 N–H and O–H groups in total. The quantitative estimate of drug-likeness (QED) is 0.600. The molecule has 0 spiro atoms. The van der Waals surface area contributed by atoms with Crippen LogP contribution in [0.4, 0.5) is 13.2 Å². The Kier molecular flexibility index (Phi) is 6.29. The summed E-state index contributed by atoms with van der Waals surface area (Å²) in [6.07, 6.45) is -4.92. The third-order valence-electron chi connectivity index (χ3n) is 3.79. The van der Waals surface area contributed by atoms with Gasteiger partial charge in [0.25, 0.3) is 0 Å². The van der Waals surface area contributed by atoms with Crippen molar-refractivity contribution in [3.8, 4) is 17.2 Å². The van der Waals surface area contributed by atoms with Gasteiger partial charge >= 0.3 is 6.18 Å². The van der Waals surface area contributed by atoms with Crippen LogP contribution in [0.15, 0.2) is 24.3 Å². The highest BCUT2D eigenvalue weighted by atomic mass is 35.5. The van der Waals surface area contributed by atoms with E-state index in [-0.39, 0.29) is 22.4 Å². The van der Waals surface area contributed by atoms with Crippen LogP contribution in [-0.2, 0) is 6.18 Å². The summed E-state index contributed by atoms with van der Waals surface area (Å²) in [5, 5.41) is 8.73. The Bertz CT molecular complexity index is 883. The maximum absolute atomic E-state index is 13.5. The molecule has 0 aromatic heterocycles. The third-order valence-corrected chi connectivity index (χ3v) is 4.43. The summed E-state index contributed by atoms with van der Waals surface area (Å²) in [6.45, 7) is 3.02. The van der Waals surface area contributed by atoms with Gasteiger partial charge in [-0.25, -0.2) is 0 Å². The molecule has 0 unspecified atom stereocenters. The van der Waals surface area contributed by atoms with Gasteiger partial charge < -0.3 is 15.6 Å². The number of halogens is 5. The lowest BCUT2D eigenvalue weighted by atomic mass is 10.0. The number of hydrogen-bond acceptors (Lipinski definition) is 4. The Balaban J connectivity index is 2.62. The van der Waals surface area contributed by atoms with Crippen LogP contribution in [0.25, 0.3) is 0 Å². The maximum atomic E-state index is 13.5. The Hall–Kier alpha value is -1.96. The predicted molar refractivity (Wildman–Crippen MR) is 97.1 cm³/mol. The van der Waals surface area contributed by atoms with Crippen molar-refractivity contribution in [2.24, 2.45) is 5.73 Å². The van der Waals surface area contributed by atoms with Gasteiger partial charge in [0, 0.05) is 11.1 Å². The number of nitrogens with two attached hydrogens (primary N) is 1. The van der Waals surface area contributed by atoms with Crippen molar-refractivity contribution in [1.82, 2.24) is 0 Å². The smallest absolute Gasteiger partial charge is 0.418 e. The number of phenols is 1. The van der Waals surface area contributed by atoms with Crippen molar-refractivity contribution >= 4 is 29.0 Å². The molecule has 0 atom stereocenters. The average Bonchev–Trinajstić information content (AvgIpc) is 2.57. The van der Waals surface area contributed by atoms with Crippen molar-refractivity contribution in [3.63, 3.8) is 0 Å². The Morgan fingerprint density at radius 2 is 1.89 bits per heavy atom. The molecule has 0 saturated carbocycles. The zero-order valence-electron chi connectivity index (χ0n) is 14.3. The topological polar surface area (TPSA) is 72.5 Å². The molecule has 0 fully saturated rings. The van der Waals surface area contributed by atoms with Gasteiger partial charge in [0.2, 0.25) is 0 Å². The van der Waals surface area contributed by atoms with E-state index in [4.69, 9.17) is 33.7 Å². The zero-order chi connectivity index (χ0) is 20.5. The van der Waals surface area contributed by atoms with Crippen LogP contribution >= 0.6 is 23.2 Å². The molecule has 146 valence electrons. The number of phenolic OH excluding ortho intramolecular Hbond substituents is 1. The molecular formula is C18H16Cl2F3NO3. The minimum atomic E-state index is -4.92. The lowest BCUT2D eigenvalue weighted by molar-refractivity contribution is -0.137. The summed E-state index contributed by atoms with van der Waals surface area (Å²) in [4.78, 5) is 11.8.